The molecule has 2 nitrogen and oxygen atoms in total. The van der Waals surface area contributed by atoms with Crippen LogP contribution in [-0.2, 0) is 4.79 Å². The largest absolute Gasteiger partial charge is 0.481 e. The van der Waals surface area contributed by atoms with E-state index in [4.69, 9.17) is 16.7 Å². The molecule has 1 aliphatic rings. The molecule has 1 rings (SSSR count). The van der Waals surface area contributed by atoms with Gasteiger partial charge in [-0.05, 0) is 11.3 Å². The lowest BCUT2D eigenvalue weighted by molar-refractivity contribution is -0.323. The first-order valence-electron chi connectivity index (χ1n) is 5.51. The van der Waals surface area contributed by atoms with Crippen LogP contribution in [0.1, 0.15) is 13.8 Å². The molecule has 0 spiro atoms. The predicted molar refractivity (Wildman–Crippen MR) is 58.3 cm³/mol. The summed E-state index contributed by atoms with van der Waals surface area (Å²) in [7, 11) is 0. The van der Waals surface area contributed by atoms with Gasteiger partial charge in [0, 0.05) is 0 Å². The molecule has 0 radical (unpaired) electrons. The Balaban J connectivity index is 3.25. The van der Waals surface area contributed by atoms with Crippen molar-refractivity contribution < 1.29 is 40.6 Å². The lowest BCUT2D eigenvalue weighted by Gasteiger charge is -2.29. The quantitative estimate of drug-likeness (QED) is 0.777. The summed E-state index contributed by atoms with van der Waals surface area (Å²) in [6.45, 7) is 2.64. The molecule has 0 bridgehead atoms. The molecular weight excluding hydrogens is 333 g/mol. The third-order valence-electron chi connectivity index (χ3n) is 3.61. The minimum atomic E-state index is -6.31. The zero-order valence-electron chi connectivity index (χ0n) is 10.6. The molecule has 122 valence electrons. The normalized spacial score (nSPS) is 26.7. The zero-order valence-corrected chi connectivity index (χ0v) is 11.4. The molecule has 0 heterocycles. The number of aliphatic carboxylic acids is 1. The van der Waals surface area contributed by atoms with Gasteiger partial charge in [-0.2, -0.15) is 26.3 Å². The van der Waals surface area contributed by atoms with Gasteiger partial charge in [0.1, 0.15) is 0 Å². The van der Waals surface area contributed by atoms with Crippen LogP contribution in [-0.4, -0.2) is 29.1 Å². The van der Waals surface area contributed by atoms with Gasteiger partial charge in [-0.25, -0.2) is 4.39 Å². The highest BCUT2D eigenvalue weighted by molar-refractivity contribution is 6.31. The smallest absolute Gasteiger partial charge is 0.436 e. The molecule has 0 aromatic heterocycles. The van der Waals surface area contributed by atoms with Crippen LogP contribution in [0.3, 0.4) is 0 Å². The van der Waals surface area contributed by atoms with Crippen molar-refractivity contribution in [2.75, 3.05) is 0 Å². The van der Waals surface area contributed by atoms with Gasteiger partial charge < -0.3 is 5.11 Å². The van der Waals surface area contributed by atoms with Crippen LogP contribution in [0.2, 0.25) is 0 Å². The molecule has 21 heavy (non-hydrogen) atoms. The van der Waals surface area contributed by atoms with Gasteiger partial charge in [-0.3, -0.25) is 4.79 Å². The summed E-state index contributed by atoms with van der Waals surface area (Å²) < 4.78 is 88.2. The second-order valence-corrected chi connectivity index (χ2v) is 5.74. The van der Waals surface area contributed by atoms with Crippen molar-refractivity contribution >= 4 is 17.6 Å². The molecule has 2 atom stereocenters. The molecule has 1 fully saturated rings. The Bertz CT molecular complexity index is 464. The fourth-order valence-corrected chi connectivity index (χ4v) is 2.51. The van der Waals surface area contributed by atoms with Crippen LogP contribution in [0.25, 0.3) is 0 Å². The fourth-order valence-electron chi connectivity index (χ4n) is 2.16. The lowest BCUT2D eigenvalue weighted by Crippen LogP contribution is -2.53. The van der Waals surface area contributed by atoms with E-state index in [1.807, 2.05) is 0 Å². The van der Waals surface area contributed by atoms with E-state index in [0.29, 0.717) is 0 Å². The van der Waals surface area contributed by atoms with Gasteiger partial charge in [0.2, 0.25) is 0 Å². The molecule has 0 amide bonds. The van der Waals surface area contributed by atoms with Gasteiger partial charge in [0.25, 0.3) is 0 Å². The van der Waals surface area contributed by atoms with E-state index in [1.165, 1.54) is 13.8 Å². The number of allylic oxidation sites excluding steroid dienone is 2. The molecule has 1 N–H and O–H groups in total. The topological polar surface area (TPSA) is 37.3 Å². The first-order valence-corrected chi connectivity index (χ1v) is 5.89. The summed E-state index contributed by atoms with van der Waals surface area (Å²) in [6.07, 6.45) is -12.4. The molecule has 1 aliphatic carbocycles. The Morgan fingerprint density at radius 2 is 1.48 bits per heavy atom. The highest BCUT2D eigenvalue weighted by Gasteiger charge is 2.75. The van der Waals surface area contributed by atoms with Crippen LogP contribution in [0.5, 0.6) is 0 Å². The monoisotopic (exact) mass is 342 g/mol. The molecule has 1 saturated carbocycles. The Hall–Kier alpha value is -0.990. The van der Waals surface area contributed by atoms with E-state index < -0.39 is 46.3 Å². The molecule has 0 aromatic carbocycles. The van der Waals surface area contributed by atoms with Gasteiger partial charge in [-0.15, -0.1) is 0 Å². The number of hydrogen-bond donors (Lipinski definition) is 1. The average molecular weight is 343 g/mol. The Kier molecular flexibility index (Phi) is 4.09. The number of hydrogen-bond acceptors (Lipinski definition) is 1. The number of carbonyl (C=O) groups is 1. The summed E-state index contributed by atoms with van der Waals surface area (Å²) in [5.74, 6) is -3.85. The highest BCUT2D eigenvalue weighted by Crippen LogP contribution is 2.61. The minimum Gasteiger partial charge on any atom is -0.481 e. The minimum absolute atomic E-state index is 0.196. The summed E-state index contributed by atoms with van der Waals surface area (Å²) in [4.78, 5) is 10.8. The Labute approximate surface area is 119 Å². The maximum absolute atomic E-state index is 13.6. The second kappa shape index (κ2) is 4.76. The van der Waals surface area contributed by atoms with Crippen molar-refractivity contribution in [3.8, 4) is 0 Å². The standard InChI is InChI=1S/C11H10ClF7O2/c1-8(2)4(6(8)7(20)21)3-5(12)9(13,10(14,15)16)11(17,18)19/h3-4,6H,1-2H3,(H,20,21). The van der Waals surface area contributed by atoms with Gasteiger partial charge in [0.05, 0.1) is 11.0 Å². The number of halogens is 8. The molecule has 0 aromatic rings. The van der Waals surface area contributed by atoms with Crippen molar-refractivity contribution in [3.05, 3.63) is 11.1 Å². The summed E-state index contributed by atoms with van der Waals surface area (Å²) in [5, 5.41) is 6.66. The van der Waals surface area contributed by atoms with Crippen LogP contribution in [0.4, 0.5) is 30.7 Å². The van der Waals surface area contributed by atoms with Crippen LogP contribution >= 0.6 is 11.6 Å². The number of rotatable bonds is 3. The molecule has 2 unspecified atom stereocenters. The van der Waals surface area contributed by atoms with E-state index in [-0.39, 0.29) is 6.08 Å². The first-order chi connectivity index (χ1) is 9.08. The van der Waals surface area contributed by atoms with Gasteiger partial charge in [0.15, 0.2) is 0 Å². The zero-order chi connectivity index (χ0) is 17.0. The van der Waals surface area contributed by atoms with Crippen LogP contribution < -0.4 is 0 Å². The molecule has 0 aliphatic heterocycles. The number of carboxylic acids is 1. The SMILES string of the molecule is CC1(C)C(C=C(Cl)C(F)(C(F)(F)F)C(F)(F)F)C1C(=O)O. The summed E-state index contributed by atoms with van der Waals surface area (Å²) in [5.41, 5.74) is -6.83. The van der Waals surface area contributed by atoms with E-state index in [0.717, 1.165) is 0 Å². The van der Waals surface area contributed by atoms with Crippen molar-refractivity contribution in [2.45, 2.75) is 31.9 Å². The molecule has 10 heteroatoms. The van der Waals surface area contributed by atoms with E-state index in [2.05, 4.69) is 0 Å². The fraction of sp³-hybridized carbons (Fsp3) is 0.727. The van der Waals surface area contributed by atoms with Crippen molar-refractivity contribution in [2.24, 2.45) is 17.3 Å². The van der Waals surface area contributed by atoms with E-state index in [1.54, 1.807) is 0 Å². The summed E-state index contributed by atoms with van der Waals surface area (Å²) >= 11 is 4.94. The predicted octanol–water partition coefficient (Wildman–Crippen LogP) is 4.30. The van der Waals surface area contributed by atoms with Crippen molar-refractivity contribution in [3.63, 3.8) is 0 Å². The average Bonchev–Trinajstić information content (AvgIpc) is 2.75. The van der Waals surface area contributed by atoms with E-state index >= 15 is 0 Å². The first kappa shape index (κ1) is 18.1. The third-order valence-corrected chi connectivity index (χ3v) is 4.00. The summed E-state index contributed by atoms with van der Waals surface area (Å²) in [6, 6.07) is 0. The number of alkyl halides is 7. The van der Waals surface area contributed by atoms with Crippen LogP contribution in [0.15, 0.2) is 11.1 Å². The molecular formula is C11H10ClF7O2. The van der Waals surface area contributed by atoms with Crippen molar-refractivity contribution in [1.29, 1.82) is 0 Å². The van der Waals surface area contributed by atoms with E-state index in [9.17, 15) is 35.5 Å². The third kappa shape index (κ3) is 2.72. The highest BCUT2D eigenvalue weighted by atomic mass is 35.5. The maximum atomic E-state index is 13.6. The lowest BCUT2D eigenvalue weighted by atomic mass is 10.0. The molecule has 0 saturated heterocycles. The second-order valence-electron chi connectivity index (χ2n) is 5.33. The van der Waals surface area contributed by atoms with Gasteiger partial charge in [-0.1, -0.05) is 31.5 Å². The van der Waals surface area contributed by atoms with Crippen LogP contribution in [0, 0.1) is 17.3 Å². The van der Waals surface area contributed by atoms with Crippen molar-refractivity contribution in [1.82, 2.24) is 0 Å². The number of carboxylic acid groups (broad SMARTS) is 1. The maximum Gasteiger partial charge on any atom is 0.436 e. The Morgan fingerprint density at radius 3 is 1.71 bits per heavy atom. The van der Waals surface area contributed by atoms with Gasteiger partial charge >= 0.3 is 24.0 Å². The Morgan fingerprint density at radius 1 is 1.10 bits per heavy atom.